The van der Waals surface area contributed by atoms with Gasteiger partial charge in [-0.1, -0.05) is 42.1 Å². The van der Waals surface area contributed by atoms with Crippen molar-refractivity contribution >= 4 is 51.4 Å². The van der Waals surface area contributed by atoms with Crippen LogP contribution in [0.3, 0.4) is 0 Å². The normalized spacial score (nSPS) is 19.1. The van der Waals surface area contributed by atoms with Crippen LogP contribution in [0.2, 0.25) is 0 Å². The van der Waals surface area contributed by atoms with Gasteiger partial charge in [0.2, 0.25) is 5.16 Å². The van der Waals surface area contributed by atoms with E-state index in [4.69, 9.17) is 0 Å². The van der Waals surface area contributed by atoms with E-state index in [1.54, 1.807) is 30.3 Å². The molecule has 4 rings (SSSR count). The number of aliphatic hydroxyl groups is 1. The second-order valence-corrected chi connectivity index (χ2v) is 10.8. The van der Waals surface area contributed by atoms with Crippen molar-refractivity contribution < 1.29 is 78.1 Å². The Hall–Kier alpha value is -2.07. The Labute approximate surface area is 245 Å². The van der Waals surface area contributed by atoms with Crippen molar-refractivity contribution in [2.75, 3.05) is 11.5 Å². The molecular weight excluding hydrogens is 579 g/mol. The number of fused-ring (bicyclic) bond motifs is 1. The standard InChI is InChI=1S/C18H18N6O8S3.Na.2H2O/c25-13(9-4-2-1-3-5-9)14(26)19-11-15(27)24-12(17(28)29)10(6-33-16(11)24)7-34-18-20-21-22-23(18)8-35(30,31)32;;;/h1-5,11,13,16,25H,6-8H2,(H,19,26)(H,28,29)(H,30,31,32);;2*1H2/q;+1;;/p-1/t11-,13-,16-;;;/m1.../s1. The van der Waals surface area contributed by atoms with Crippen molar-refractivity contribution in [1.29, 1.82) is 0 Å². The van der Waals surface area contributed by atoms with E-state index in [-0.39, 0.29) is 62.9 Å². The molecule has 2 amide bonds. The number of tetrazole rings is 1. The summed E-state index contributed by atoms with van der Waals surface area (Å²) in [7, 11) is -4.65. The maximum absolute atomic E-state index is 12.8. The molecule has 2 aliphatic rings. The number of thioether (sulfide) groups is 2. The minimum absolute atomic E-state index is 0. The number of rotatable bonds is 9. The Balaban J connectivity index is 0.00000241. The van der Waals surface area contributed by atoms with Gasteiger partial charge in [0.15, 0.2) is 6.10 Å². The van der Waals surface area contributed by atoms with Crippen LogP contribution in [0, 0.1) is 0 Å². The summed E-state index contributed by atoms with van der Waals surface area (Å²) < 4.78 is 33.8. The minimum Gasteiger partial charge on any atom is -0.747 e. The summed E-state index contributed by atoms with van der Waals surface area (Å²) in [5.74, 6) is -3.55. The van der Waals surface area contributed by atoms with Gasteiger partial charge < -0.3 is 31.0 Å². The first kappa shape index (κ1) is 34.0. The van der Waals surface area contributed by atoms with E-state index < -0.39 is 51.3 Å². The van der Waals surface area contributed by atoms with Gasteiger partial charge in [0.25, 0.3) is 11.8 Å². The summed E-state index contributed by atoms with van der Waals surface area (Å²) in [6.45, 7) is 0. The first-order valence-electron chi connectivity index (χ1n) is 9.82. The first-order chi connectivity index (χ1) is 16.6. The maximum Gasteiger partial charge on any atom is 1.00 e. The Morgan fingerprint density at radius 1 is 1.26 bits per heavy atom. The first-order valence-corrected chi connectivity index (χ1v) is 13.4. The Morgan fingerprint density at radius 3 is 2.53 bits per heavy atom. The third-order valence-electron chi connectivity index (χ3n) is 5.07. The van der Waals surface area contributed by atoms with E-state index in [1.165, 1.54) is 11.8 Å². The number of amides is 2. The van der Waals surface area contributed by atoms with Gasteiger partial charge in [-0.25, -0.2) is 17.9 Å². The van der Waals surface area contributed by atoms with Crippen LogP contribution in [0.15, 0.2) is 46.8 Å². The molecule has 7 N–H and O–H groups in total. The molecule has 1 fully saturated rings. The molecule has 38 heavy (non-hydrogen) atoms. The second kappa shape index (κ2) is 13.8. The monoisotopic (exact) mass is 600 g/mol. The number of hydrogen-bond donors (Lipinski definition) is 3. The number of carboxylic acids is 1. The van der Waals surface area contributed by atoms with Gasteiger partial charge in [0.05, 0.1) is 0 Å². The van der Waals surface area contributed by atoms with Gasteiger partial charge in [0, 0.05) is 11.5 Å². The molecule has 0 saturated carbocycles. The number of aliphatic hydroxyl groups excluding tert-OH is 1. The van der Waals surface area contributed by atoms with Gasteiger partial charge in [-0.15, -0.1) is 16.9 Å². The molecule has 0 radical (unpaired) electrons. The number of carbonyl (C=O) groups is 3. The van der Waals surface area contributed by atoms with E-state index in [2.05, 4.69) is 20.8 Å². The van der Waals surface area contributed by atoms with E-state index in [9.17, 15) is 37.6 Å². The van der Waals surface area contributed by atoms with Crippen molar-refractivity contribution in [3.8, 4) is 0 Å². The predicted octanol–water partition coefficient (Wildman–Crippen LogP) is -5.91. The number of hydrogen-bond acceptors (Lipinski definition) is 12. The molecule has 0 spiro atoms. The van der Waals surface area contributed by atoms with Crippen molar-refractivity contribution in [2.45, 2.75) is 28.6 Å². The zero-order valence-electron chi connectivity index (χ0n) is 19.5. The minimum atomic E-state index is -4.65. The number of carboxylic acid groups (broad SMARTS) is 1. The van der Waals surface area contributed by atoms with Crippen LogP contribution in [0.25, 0.3) is 0 Å². The quantitative estimate of drug-likeness (QED) is 0.105. The summed E-state index contributed by atoms with van der Waals surface area (Å²) in [4.78, 5) is 38.3. The van der Waals surface area contributed by atoms with Crippen LogP contribution in [0.4, 0.5) is 0 Å². The molecule has 0 aliphatic carbocycles. The number of benzene rings is 1. The van der Waals surface area contributed by atoms with Crippen LogP contribution >= 0.6 is 23.5 Å². The van der Waals surface area contributed by atoms with Gasteiger partial charge in [0.1, 0.15) is 33.1 Å². The molecule has 0 unspecified atom stereocenters. The summed E-state index contributed by atoms with van der Waals surface area (Å²) >= 11 is 2.14. The van der Waals surface area contributed by atoms with Crippen molar-refractivity contribution in [1.82, 2.24) is 30.4 Å². The van der Waals surface area contributed by atoms with Crippen LogP contribution in [-0.2, 0) is 30.4 Å². The summed E-state index contributed by atoms with van der Waals surface area (Å²) in [5, 5.41) is 32.2. The van der Waals surface area contributed by atoms with Gasteiger partial charge >= 0.3 is 35.5 Å². The Morgan fingerprint density at radius 2 is 1.92 bits per heavy atom. The molecule has 202 valence electrons. The third-order valence-corrected chi connectivity index (χ3v) is 8.01. The van der Waals surface area contributed by atoms with E-state index in [1.807, 2.05) is 0 Å². The van der Waals surface area contributed by atoms with Crippen LogP contribution in [0.5, 0.6) is 0 Å². The number of nitrogens with one attached hydrogen (secondary N) is 1. The molecule has 3 heterocycles. The van der Waals surface area contributed by atoms with Gasteiger partial charge in [-0.05, 0) is 21.6 Å². The molecule has 16 nitrogen and oxygen atoms in total. The molecule has 20 heteroatoms. The van der Waals surface area contributed by atoms with E-state index in [0.717, 1.165) is 21.3 Å². The molecule has 0 bridgehead atoms. The van der Waals surface area contributed by atoms with Crippen molar-refractivity contribution in [3.63, 3.8) is 0 Å². The topological polar surface area (TPSA) is 271 Å². The molecular formula is C18H21N6NaO10S3. The summed E-state index contributed by atoms with van der Waals surface area (Å²) in [6.07, 6.45) is -1.49. The zero-order chi connectivity index (χ0) is 25.3. The van der Waals surface area contributed by atoms with Crippen LogP contribution < -0.4 is 34.9 Å². The maximum atomic E-state index is 12.8. The third kappa shape index (κ3) is 7.31. The molecule has 1 saturated heterocycles. The Bertz CT molecular complexity index is 1310. The fourth-order valence-electron chi connectivity index (χ4n) is 3.50. The largest absolute Gasteiger partial charge is 1.00 e. The Kier molecular flexibility index (Phi) is 12.4. The summed E-state index contributed by atoms with van der Waals surface area (Å²) in [6, 6.07) is 7.14. The van der Waals surface area contributed by atoms with Gasteiger partial charge in [-0.3, -0.25) is 14.5 Å². The smallest absolute Gasteiger partial charge is 0.747 e. The number of nitrogens with zero attached hydrogens (tertiary/aromatic N) is 5. The second-order valence-electron chi connectivity index (χ2n) is 7.40. The van der Waals surface area contributed by atoms with Crippen molar-refractivity contribution in [3.05, 3.63) is 47.2 Å². The molecule has 2 aliphatic heterocycles. The fraction of sp³-hybridized carbons (Fsp3) is 0.333. The average molecular weight is 601 g/mol. The molecule has 3 atom stereocenters. The number of aromatic nitrogens is 4. The number of aliphatic carboxylic acids is 1. The fourth-order valence-corrected chi connectivity index (χ4v) is 6.41. The van der Waals surface area contributed by atoms with Gasteiger partial charge in [-0.2, -0.15) is 0 Å². The predicted molar refractivity (Wildman–Crippen MR) is 127 cm³/mol. The molecule has 1 aromatic carbocycles. The van der Waals surface area contributed by atoms with E-state index >= 15 is 0 Å². The average Bonchev–Trinajstić information content (AvgIpc) is 3.25. The van der Waals surface area contributed by atoms with Crippen molar-refractivity contribution in [2.24, 2.45) is 0 Å². The van der Waals surface area contributed by atoms with E-state index in [0.29, 0.717) is 11.1 Å². The number of β-lactam (4-membered cyclic amide) rings is 1. The molecule has 1 aromatic heterocycles. The number of carbonyl (C=O) groups excluding carboxylic acids is 2. The molecule has 2 aromatic rings. The SMILES string of the molecule is O.O.O=C(O)C1=C(CSc2nnnn2CS(=O)(=O)[O-])CS[C@@H]2[C@H](NC(=O)[C@H](O)c3ccccc3)C(=O)N12.[Na+]. The van der Waals surface area contributed by atoms with Crippen LogP contribution in [0.1, 0.15) is 11.7 Å². The zero-order valence-corrected chi connectivity index (χ0v) is 24.0. The summed E-state index contributed by atoms with van der Waals surface area (Å²) in [5.41, 5.74) is 0.448. The van der Waals surface area contributed by atoms with Crippen LogP contribution in [-0.4, -0.2) is 99.9 Å².